The molecule has 0 aromatic heterocycles. The number of esters is 2. The van der Waals surface area contributed by atoms with Gasteiger partial charge in [-0.2, -0.15) is 0 Å². The van der Waals surface area contributed by atoms with Gasteiger partial charge in [-0.1, -0.05) is 167 Å². The summed E-state index contributed by atoms with van der Waals surface area (Å²) >= 11 is 0. The summed E-state index contributed by atoms with van der Waals surface area (Å²) in [5.74, 6) is -0.936. The lowest BCUT2D eigenvalue weighted by atomic mass is 10.0. The highest BCUT2D eigenvalue weighted by Gasteiger charge is 2.27. The summed E-state index contributed by atoms with van der Waals surface area (Å²) in [6.07, 6.45) is 37.1. The van der Waals surface area contributed by atoms with Gasteiger partial charge < -0.3 is 24.6 Å². The molecule has 0 aliphatic heterocycles. The minimum Gasteiger partial charge on any atom is -0.462 e. The van der Waals surface area contributed by atoms with Gasteiger partial charge in [-0.05, 0) is 38.5 Å². The third-order valence-corrected chi connectivity index (χ3v) is 10.1. The van der Waals surface area contributed by atoms with Gasteiger partial charge in [0.2, 0.25) is 0 Å². The molecule has 0 spiro atoms. The number of aliphatic hydroxyl groups excluding tert-OH is 2. The molecule has 0 saturated carbocycles. The Kier molecular flexibility index (Phi) is 37.6. The van der Waals surface area contributed by atoms with E-state index in [1.165, 1.54) is 96.3 Å². The fourth-order valence-electron chi connectivity index (χ4n) is 5.81. The van der Waals surface area contributed by atoms with Crippen molar-refractivity contribution in [2.24, 2.45) is 0 Å². The average Bonchev–Trinajstić information content (AvgIpc) is 3.14. The zero-order chi connectivity index (χ0) is 39.1. The lowest BCUT2D eigenvalue weighted by molar-refractivity contribution is -0.161. The molecule has 0 bridgehead atoms. The lowest BCUT2D eigenvalue weighted by Gasteiger charge is -2.20. The van der Waals surface area contributed by atoms with Gasteiger partial charge in [-0.15, -0.1) is 0 Å². The van der Waals surface area contributed by atoms with Crippen molar-refractivity contribution in [1.29, 1.82) is 0 Å². The van der Waals surface area contributed by atoms with Gasteiger partial charge >= 0.3 is 19.8 Å². The fourth-order valence-corrected chi connectivity index (χ4v) is 6.60. The topological polar surface area (TPSA) is 149 Å². The number of phosphoric ester groups is 1. The molecule has 0 saturated heterocycles. The highest BCUT2D eigenvalue weighted by molar-refractivity contribution is 7.47. The van der Waals surface area contributed by atoms with Crippen LogP contribution in [0.4, 0.5) is 0 Å². The van der Waals surface area contributed by atoms with E-state index in [0.29, 0.717) is 12.8 Å². The highest BCUT2D eigenvalue weighted by Crippen LogP contribution is 2.43. The summed E-state index contributed by atoms with van der Waals surface area (Å²) in [4.78, 5) is 34.9. The summed E-state index contributed by atoms with van der Waals surface area (Å²) < 4.78 is 32.7. The number of hydrogen-bond acceptors (Lipinski definition) is 9. The maximum Gasteiger partial charge on any atom is 0.472 e. The van der Waals surface area contributed by atoms with E-state index in [9.17, 15) is 24.2 Å². The largest absolute Gasteiger partial charge is 0.472 e. The minimum absolute atomic E-state index is 0.169. The van der Waals surface area contributed by atoms with Gasteiger partial charge in [0.25, 0.3) is 0 Å². The number of carbonyl (C=O) groups is 2. The normalized spacial score (nSPS) is 14.1. The predicted molar refractivity (Wildman–Crippen MR) is 215 cm³/mol. The van der Waals surface area contributed by atoms with Crippen molar-refractivity contribution in [2.45, 2.75) is 206 Å². The van der Waals surface area contributed by atoms with Crippen LogP contribution in [0.3, 0.4) is 0 Å². The van der Waals surface area contributed by atoms with E-state index in [0.717, 1.165) is 57.8 Å². The molecule has 3 atom stereocenters. The molecule has 11 heteroatoms. The summed E-state index contributed by atoms with van der Waals surface area (Å²) in [5, 5.41) is 18.3. The van der Waals surface area contributed by atoms with Crippen molar-refractivity contribution in [3.8, 4) is 0 Å². The predicted octanol–water partition coefficient (Wildman–Crippen LogP) is 11.0. The van der Waals surface area contributed by atoms with Gasteiger partial charge in [-0.3, -0.25) is 18.6 Å². The van der Waals surface area contributed by atoms with Crippen LogP contribution in [0.1, 0.15) is 194 Å². The molecule has 53 heavy (non-hydrogen) atoms. The molecule has 0 amide bonds. The van der Waals surface area contributed by atoms with Gasteiger partial charge in [0, 0.05) is 12.8 Å². The number of carbonyl (C=O) groups excluding carboxylic acids is 2. The zero-order valence-electron chi connectivity index (χ0n) is 33.7. The van der Waals surface area contributed by atoms with E-state index in [1.54, 1.807) is 0 Å². The molecule has 1 unspecified atom stereocenters. The molecule has 0 radical (unpaired) electrons. The molecular formula is C42H79O10P. The Morgan fingerprint density at radius 3 is 1.43 bits per heavy atom. The van der Waals surface area contributed by atoms with Crippen LogP contribution in [-0.4, -0.2) is 65.7 Å². The summed E-state index contributed by atoms with van der Waals surface area (Å²) in [6, 6.07) is 0. The van der Waals surface area contributed by atoms with E-state index in [1.807, 2.05) is 0 Å². The molecular weight excluding hydrogens is 695 g/mol. The molecule has 312 valence electrons. The second-order valence-corrected chi connectivity index (χ2v) is 15.9. The standard InChI is InChI=1S/C42H79O10P/c1-3-5-7-9-11-13-15-17-19-21-23-25-27-29-31-33-41(45)49-37-40(38-51-53(47,48)50-36-39(44)35-43)52-42(46)34-32-30-28-26-24-22-20-18-16-14-12-10-8-6-4-2/h14,16,18,20,39-40,43-44H,3-13,15,17,19,21-38H2,1-2H3,(H,47,48)/b16-14+,20-18+/t39-,40+/m0/s1. The number of phosphoric acid groups is 1. The SMILES string of the molecule is CCCCCC/C=C/C=C/CCCCCCCC(=O)O[C@H](COC(=O)CCCCCCCCCCCCCCCCC)COP(=O)(O)OC[C@@H](O)CO. The first-order valence-electron chi connectivity index (χ1n) is 21.3. The van der Waals surface area contributed by atoms with Crippen molar-refractivity contribution < 1.29 is 47.8 Å². The van der Waals surface area contributed by atoms with Crippen LogP contribution in [0.15, 0.2) is 24.3 Å². The van der Waals surface area contributed by atoms with E-state index >= 15 is 0 Å². The van der Waals surface area contributed by atoms with Crippen molar-refractivity contribution in [3.05, 3.63) is 24.3 Å². The van der Waals surface area contributed by atoms with Gasteiger partial charge in [0.1, 0.15) is 12.7 Å². The van der Waals surface area contributed by atoms with E-state index in [4.69, 9.17) is 19.1 Å². The van der Waals surface area contributed by atoms with Gasteiger partial charge in [0.15, 0.2) is 6.10 Å². The van der Waals surface area contributed by atoms with E-state index < -0.39 is 51.8 Å². The number of hydrogen-bond donors (Lipinski definition) is 3. The third kappa shape index (κ3) is 38.5. The Balaban J connectivity index is 4.32. The van der Waals surface area contributed by atoms with Crippen molar-refractivity contribution in [1.82, 2.24) is 0 Å². The molecule has 0 aliphatic carbocycles. The zero-order valence-corrected chi connectivity index (χ0v) is 34.6. The first-order chi connectivity index (χ1) is 25.7. The van der Waals surface area contributed by atoms with Gasteiger partial charge in [-0.25, -0.2) is 4.57 Å². The van der Waals surface area contributed by atoms with Crippen molar-refractivity contribution in [3.63, 3.8) is 0 Å². The van der Waals surface area contributed by atoms with Crippen LogP contribution < -0.4 is 0 Å². The molecule has 0 rings (SSSR count). The molecule has 0 aromatic carbocycles. The fraction of sp³-hybridized carbons (Fsp3) is 0.857. The summed E-state index contributed by atoms with van der Waals surface area (Å²) in [7, 11) is -4.62. The van der Waals surface area contributed by atoms with Crippen molar-refractivity contribution in [2.75, 3.05) is 26.4 Å². The Morgan fingerprint density at radius 1 is 0.566 bits per heavy atom. The average molecular weight is 775 g/mol. The quantitative estimate of drug-likeness (QED) is 0.0238. The molecule has 0 heterocycles. The van der Waals surface area contributed by atoms with Crippen LogP contribution in [-0.2, 0) is 32.7 Å². The summed E-state index contributed by atoms with van der Waals surface area (Å²) in [5.41, 5.74) is 0. The highest BCUT2D eigenvalue weighted by atomic mass is 31.2. The van der Waals surface area contributed by atoms with Gasteiger partial charge in [0.05, 0.1) is 19.8 Å². The number of unbranched alkanes of at least 4 members (excludes halogenated alkanes) is 23. The Bertz CT molecular complexity index is 941. The first-order valence-corrected chi connectivity index (χ1v) is 22.8. The Labute approximate surface area is 323 Å². The maximum atomic E-state index is 12.6. The second kappa shape index (κ2) is 38.7. The molecule has 0 aliphatic rings. The maximum absolute atomic E-state index is 12.6. The Hall–Kier alpha value is -1.55. The van der Waals surface area contributed by atoms with Crippen LogP contribution in [0.5, 0.6) is 0 Å². The molecule has 0 aromatic rings. The molecule has 3 N–H and O–H groups in total. The second-order valence-electron chi connectivity index (χ2n) is 14.4. The molecule has 10 nitrogen and oxygen atoms in total. The number of aliphatic hydroxyl groups is 2. The number of ether oxygens (including phenoxy) is 2. The third-order valence-electron chi connectivity index (χ3n) is 9.14. The smallest absolute Gasteiger partial charge is 0.462 e. The van der Waals surface area contributed by atoms with Crippen molar-refractivity contribution >= 4 is 19.8 Å². The molecule has 0 fully saturated rings. The van der Waals surface area contributed by atoms with E-state index in [2.05, 4.69) is 42.7 Å². The van der Waals surface area contributed by atoms with Crippen LogP contribution in [0.25, 0.3) is 0 Å². The number of allylic oxidation sites excluding steroid dienone is 4. The van der Waals surface area contributed by atoms with Crippen LogP contribution in [0.2, 0.25) is 0 Å². The van der Waals surface area contributed by atoms with Crippen LogP contribution in [0, 0.1) is 0 Å². The Morgan fingerprint density at radius 2 is 0.962 bits per heavy atom. The van der Waals surface area contributed by atoms with E-state index in [-0.39, 0.29) is 19.4 Å². The summed E-state index contributed by atoms with van der Waals surface area (Å²) in [6.45, 7) is 2.35. The monoisotopic (exact) mass is 775 g/mol. The number of rotatable bonds is 40. The lowest BCUT2D eigenvalue weighted by Crippen LogP contribution is -2.29. The minimum atomic E-state index is -4.62. The van der Waals surface area contributed by atoms with Crippen LogP contribution >= 0.6 is 7.82 Å². The first kappa shape index (κ1) is 51.5.